The summed E-state index contributed by atoms with van der Waals surface area (Å²) >= 11 is 0. The summed E-state index contributed by atoms with van der Waals surface area (Å²) in [5.41, 5.74) is 4.78. The van der Waals surface area contributed by atoms with Gasteiger partial charge in [0, 0.05) is 17.7 Å². The Labute approximate surface area is 90.0 Å². The molecule has 7 heteroatoms. The van der Waals surface area contributed by atoms with E-state index in [1.807, 2.05) is 0 Å². The van der Waals surface area contributed by atoms with Gasteiger partial charge in [-0.3, -0.25) is 14.9 Å². The number of hydrogen-bond acceptors (Lipinski definition) is 5. The summed E-state index contributed by atoms with van der Waals surface area (Å²) in [6.45, 7) is 0. The van der Waals surface area contributed by atoms with Crippen molar-refractivity contribution in [3.63, 3.8) is 0 Å². The monoisotopic (exact) mass is 228 g/mol. The Kier molecular flexibility index (Phi) is 3.51. The predicted molar refractivity (Wildman–Crippen MR) is 52.0 cm³/mol. The maximum atomic E-state index is 13.3. The van der Waals surface area contributed by atoms with Crippen LogP contribution < -0.4 is 5.73 Å². The van der Waals surface area contributed by atoms with E-state index in [1.54, 1.807) is 0 Å². The van der Waals surface area contributed by atoms with Gasteiger partial charge < -0.3 is 10.5 Å². The number of nitro groups is 1. The largest absolute Gasteiger partial charge is 0.468 e. The zero-order valence-electron chi connectivity index (χ0n) is 8.34. The molecule has 0 amide bonds. The molecule has 86 valence electrons. The minimum absolute atomic E-state index is 0.263. The molecule has 6 nitrogen and oxygen atoms in total. The van der Waals surface area contributed by atoms with Crippen LogP contribution in [0.5, 0.6) is 0 Å². The van der Waals surface area contributed by atoms with E-state index in [2.05, 4.69) is 4.74 Å². The van der Waals surface area contributed by atoms with Gasteiger partial charge in [-0.05, 0) is 6.07 Å². The van der Waals surface area contributed by atoms with Crippen LogP contribution in [0.3, 0.4) is 0 Å². The number of hydrogen-bond donors (Lipinski definition) is 1. The Morgan fingerprint density at radius 3 is 2.75 bits per heavy atom. The Morgan fingerprint density at radius 2 is 2.25 bits per heavy atom. The summed E-state index contributed by atoms with van der Waals surface area (Å²) in [5.74, 6) is -1.65. The number of nitrogens with two attached hydrogens (primary N) is 1. The van der Waals surface area contributed by atoms with Crippen molar-refractivity contribution in [3.8, 4) is 0 Å². The van der Waals surface area contributed by atoms with Crippen LogP contribution >= 0.6 is 0 Å². The Bertz CT molecular complexity index is 436. The van der Waals surface area contributed by atoms with E-state index in [4.69, 9.17) is 5.73 Å². The number of nitro benzene ring substituents is 1. The maximum Gasteiger partial charge on any atom is 0.327 e. The van der Waals surface area contributed by atoms with Crippen molar-refractivity contribution in [3.05, 3.63) is 39.7 Å². The second-order valence-electron chi connectivity index (χ2n) is 2.96. The number of carbonyl (C=O) groups is 1. The SMILES string of the molecule is COC(=O)[C@@H](N)c1cc([N+](=O)[O-])ccc1F. The third kappa shape index (κ3) is 2.31. The number of benzene rings is 1. The Morgan fingerprint density at radius 1 is 1.62 bits per heavy atom. The molecule has 1 rings (SSSR count). The van der Waals surface area contributed by atoms with Crippen molar-refractivity contribution in [2.24, 2.45) is 5.73 Å². The number of halogens is 1. The average molecular weight is 228 g/mol. The highest BCUT2D eigenvalue weighted by Crippen LogP contribution is 2.21. The van der Waals surface area contributed by atoms with Crippen molar-refractivity contribution in [1.29, 1.82) is 0 Å². The first-order valence-corrected chi connectivity index (χ1v) is 4.24. The first-order chi connectivity index (χ1) is 7.47. The molecule has 0 aromatic heterocycles. The van der Waals surface area contributed by atoms with Gasteiger partial charge in [0.15, 0.2) is 0 Å². The summed E-state index contributed by atoms with van der Waals surface area (Å²) in [7, 11) is 1.09. The quantitative estimate of drug-likeness (QED) is 0.471. The van der Waals surface area contributed by atoms with Crippen LogP contribution in [0.15, 0.2) is 18.2 Å². The van der Waals surface area contributed by atoms with Crippen molar-refractivity contribution in [2.45, 2.75) is 6.04 Å². The van der Waals surface area contributed by atoms with E-state index >= 15 is 0 Å². The number of ether oxygens (including phenoxy) is 1. The number of methoxy groups -OCH3 is 1. The summed E-state index contributed by atoms with van der Waals surface area (Å²) < 4.78 is 17.6. The number of carbonyl (C=O) groups excluding carboxylic acids is 1. The van der Waals surface area contributed by atoms with Gasteiger partial charge in [-0.15, -0.1) is 0 Å². The molecule has 0 heterocycles. The number of rotatable bonds is 3. The Hall–Kier alpha value is -2.02. The van der Waals surface area contributed by atoms with Crippen LogP contribution in [0, 0.1) is 15.9 Å². The van der Waals surface area contributed by atoms with Crippen LogP contribution in [-0.4, -0.2) is 18.0 Å². The highest BCUT2D eigenvalue weighted by Gasteiger charge is 2.22. The summed E-state index contributed by atoms with van der Waals surface area (Å²) in [5, 5.41) is 10.5. The highest BCUT2D eigenvalue weighted by molar-refractivity contribution is 5.77. The molecule has 0 fully saturated rings. The van der Waals surface area contributed by atoms with E-state index < -0.39 is 22.8 Å². The van der Waals surface area contributed by atoms with Gasteiger partial charge in [0.25, 0.3) is 5.69 Å². The number of non-ortho nitro benzene ring substituents is 1. The zero-order valence-corrected chi connectivity index (χ0v) is 8.34. The molecular formula is C9H9FN2O4. The van der Waals surface area contributed by atoms with Crippen molar-refractivity contribution in [2.75, 3.05) is 7.11 Å². The van der Waals surface area contributed by atoms with Crippen LogP contribution in [0.2, 0.25) is 0 Å². The van der Waals surface area contributed by atoms with Gasteiger partial charge in [-0.25, -0.2) is 4.39 Å². The molecule has 0 spiro atoms. The van der Waals surface area contributed by atoms with E-state index in [0.29, 0.717) is 0 Å². The van der Waals surface area contributed by atoms with Gasteiger partial charge in [-0.2, -0.15) is 0 Å². The molecule has 0 unspecified atom stereocenters. The van der Waals surface area contributed by atoms with Gasteiger partial charge in [0.1, 0.15) is 11.9 Å². The van der Waals surface area contributed by atoms with Gasteiger partial charge in [0.05, 0.1) is 12.0 Å². The highest BCUT2D eigenvalue weighted by atomic mass is 19.1. The van der Waals surface area contributed by atoms with E-state index in [9.17, 15) is 19.3 Å². The van der Waals surface area contributed by atoms with E-state index in [-0.39, 0.29) is 11.3 Å². The van der Waals surface area contributed by atoms with Crippen LogP contribution in [0.1, 0.15) is 11.6 Å². The molecular weight excluding hydrogens is 219 g/mol. The van der Waals surface area contributed by atoms with Crippen LogP contribution in [-0.2, 0) is 9.53 Å². The minimum atomic E-state index is -1.37. The molecule has 0 saturated heterocycles. The van der Waals surface area contributed by atoms with Crippen molar-refractivity contribution in [1.82, 2.24) is 0 Å². The lowest BCUT2D eigenvalue weighted by Gasteiger charge is -2.09. The zero-order chi connectivity index (χ0) is 12.3. The first kappa shape index (κ1) is 12.1. The van der Waals surface area contributed by atoms with Gasteiger partial charge >= 0.3 is 5.97 Å². The fraction of sp³-hybridized carbons (Fsp3) is 0.222. The molecule has 0 aliphatic heterocycles. The summed E-state index contributed by atoms with van der Waals surface area (Å²) in [6, 6.07) is 1.42. The summed E-state index contributed by atoms with van der Waals surface area (Å²) in [4.78, 5) is 20.8. The lowest BCUT2D eigenvalue weighted by molar-refractivity contribution is -0.385. The molecule has 1 aromatic carbocycles. The maximum absolute atomic E-state index is 13.3. The third-order valence-electron chi connectivity index (χ3n) is 1.98. The second kappa shape index (κ2) is 4.67. The molecule has 2 N–H and O–H groups in total. The van der Waals surface area contributed by atoms with Crippen LogP contribution in [0.4, 0.5) is 10.1 Å². The topological polar surface area (TPSA) is 95.5 Å². The van der Waals surface area contributed by atoms with E-state index in [0.717, 1.165) is 25.3 Å². The molecule has 1 aromatic rings. The Balaban J connectivity index is 3.16. The lowest BCUT2D eigenvalue weighted by atomic mass is 10.1. The molecule has 0 aliphatic rings. The van der Waals surface area contributed by atoms with Crippen molar-refractivity contribution >= 4 is 11.7 Å². The van der Waals surface area contributed by atoms with E-state index in [1.165, 1.54) is 0 Å². The molecule has 0 bridgehead atoms. The van der Waals surface area contributed by atoms with Crippen LogP contribution in [0.25, 0.3) is 0 Å². The predicted octanol–water partition coefficient (Wildman–Crippen LogP) is 0.907. The van der Waals surface area contributed by atoms with Gasteiger partial charge in [0.2, 0.25) is 0 Å². The third-order valence-corrected chi connectivity index (χ3v) is 1.98. The molecule has 0 saturated carbocycles. The second-order valence-corrected chi connectivity index (χ2v) is 2.96. The molecule has 0 radical (unpaired) electrons. The standard InChI is InChI=1S/C9H9FN2O4/c1-16-9(13)8(11)6-4-5(12(14)15)2-3-7(6)10/h2-4,8H,11H2,1H3/t8-/m0/s1. The normalized spacial score (nSPS) is 11.9. The average Bonchev–Trinajstić information content (AvgIpc) is 2.27. The fourth-order valence-corrected chi connectivity index (χ4v) is 1.14. The number of nitrogens with zero attached hydrogens (tertiary/aromatic N) is 1. The fourth-order valence-electron chi connectivity index (χ4n) is 1.14. The smallest absolute Gasteiger partial charge is 0.327 e. The molecule has 0 aliphatic carbocycles. The summed E-state index contributed by atoms with van der Waals surface area (Å²) in [6.07, 6.45) is 0. The van der Waals surface area contributed by atoms with Gasteiger partial charge in [-0.1, -0.05) is 0 Å². The minimum Gasteiger partial charge on any atom is -0.468 e. The first-order valence-electron chi connectivity index (χ1n) is 4.24. The lowest BCUT2D eigenvalue weighted by Crippen LogP contribution is -2.23. The van der Waals surface area contributed by atoms with Crippen molar-refractivity contribution < 1.29 is 18.8 Å². The number of esters is 1. The molecule has 1 atom stereocenters. The molecule has 16 heavy (non-hydrogen) atoms.